The van der Waals surface area contributed by atoms with Crippen molar-refractivity contribution in [2.24, 2.45) is 5.73 Å². The van der Waals surface area contributed by atoms with Gasteiger partial charge in [-0.2, -0.15) is 0 Å². The first-order valence-corrected chi connectivity index (χ1v) is 5.30. The number of hydrogen-bond acceptors (Lipinski definition) is 2. The topological polar surface area (TPSA) is 55.1 Å². The zero-order valence-corrected chi connectivity index (χ0v) is 10.1. The first kappa shape index (κ1) is 13.0. The Morgan fingerprint density at radius 1 is 1.44 bits per heavy atom. The van der Waals surface area contributed by atoms with Gasteiger partial charge in [0.25, 0.3) is 0 Å². The van der Waals surface area contributed by atoms with E-state index in [1.165, 1.54) is 0 Å². The van der Waals surface area contributed by atoms with E-state index in [2.05, 4.69) is 5.32 Å². The fourth-order valence-electron chi connectivity index (χ4n) is 1.60. The van der Waals surface area contributed by atoms with Gasteiger partial charge in [0.15, 0.2) is 0 Å². The molecule has 1 fully saturated rings. The summed E-state index contributed by atoms with van der Waals surface area (Å²) in [6.45, 7) is 1.97. The van der Waals surface area contributed by atoms with Crippen LogP contribution in [0.2, 0.25) is 0 Å². The molecule has 4 heteroatoms. The lowest BCUT2D eigenvalue weighted by molar-refractivity contribution is -0.122. The van der Waals surface area contributed by atoms with Gasteiger partial charge in [0, 0.05) is 6.04 Å². The predicted octanol–water partition coefficient (Wildman–Crippen LogP) is 1.70. The lowest BCUT2D eigenvalue weighted by atomic mass is 10.0. The summed E-state index contributed by atoms with van der Waals surface area (Å²) in [5.74, 6) is -0.0631. The van der Waals surface area contributed by atoms with Gasteiger partial charge < -0.3 is 11.1 Å². The summed E-state index contributed by atoms with van der Waals surface area (Å²) in [5.41, 5.74) is 7.88. The number of halogens is 1. The van der Waals surface area contributed by atoms with Crippen LogP contribution in [0.5, 0.6) is 0 Å². The van der Waals surface area contributed by atoms with E-state index in [4.69, 9.17) is 5.73 Å². The zero-order chi connectivity index (χ0) is 10.8. The minimum Gasteiger partial charge on any atom is -0.352 e. The third-order valence-electron chi connectivity index (χ3n) is 2.73. The van der Waals surface area contributed by atoms with Crippen LogP contribution in [0, 0.1) is 6.92 Å². The summed E-state index contributed by atoms with van der Waals surface area (Å²) in [6.07, 6.45) is 2.18. The third kappa shape index (κ3) is 2.97. The van der Waals surface area contributed by atoms with Gasteiger partial charge in [-0.3, -0.25) is 4.79 Å². The molecular formula is C12H17ClN2O. The van der Waals surface area contributed by atoms with Crippen molar-refractivity contribution < 1.29 is 4.79 Å². The Bertz CT molecular complexity index is 377. The van der Waals surface area contributed by atoms with Crippen molar-refractivity contribution in [2.75, 3.05) is 0 Å². The molecule has 1 aliphatic carbocycles. The molecule has 0 heterocycles. The second-order valence-corrected chi connectivity index (χ2v) is 4.12. The number of benzene rings is 1. The molecule has 0 aliphatic heterocycles. The maximum absolute atomic E-state index is 11.7. The summed E-state index contributed by atoms with van der Waals surface area (Å²) in [4.78, 5) is 11.7. The van der Waals surface area contributed by atoms with Crippen LogP contribution in [-0.4, -0.2) is 11.9 Å². The van der Waals surface area contributed by atoms with Crippen molar-refractivity contribution in [1.82, 2.24) is 5.32 Å². The van der Waals surface area contributed by atoms with Crippen molar-refractivity contribution in [3.8, 4) is 0 Å². The fourth-order valence-corrected chi connectivity index (χ4v) is 1.60. The molecule has 3 nitrogen and oxygen atoms in total. The Hall–Kier alpha value is -1.06. The molecule has 2 rings (SSSR count). The largest absolute Gasteiger partial charge is 0.352 e. The van der Waals surface area contributed by atoms with Gasteiger partial charge in [0.2, 0.25) is 5.91 Å². The van der Waals surface area contributed by atoms with E-state index >= 15 is 0 Å². The minimum absolute atomic E-state index is 0. The van der Waals surface area contributed by atoms with Crippen LogP contribution >= 0.6 is 12.4 Å². The smallest absolute Gasteiger partial charge is 0.241 e. The number of rotatable bonds is 3. The maximum Gasteiger partial charge on any atom is 0.241 e. The molecular weight excluding hydrogens is 224 g/mol. The lowest BCUT2D eigenvalue weighted by Gasteiger charge is -2.14. The molecule has 1 atom stereocenters. The molecule has 1 saturated carbocycles. The molecule has 3 N–H and O–H groups in total. The highest BCUT2D eigenvalue weighted by molar-refractivity contribution is 5.85. The molecule has 0 bridgehead atoms. The molecule has 0 radical (unpaired) electrons. The van der Waals surface area contributed by atoms with Gasteiger partial charge in [-0.05, 0) is 30.9 Å². The number of carbonyl (C=O) groups excluding carboxylic acids is 1. The van der Waals surface area contributed by atoms with Crippen LogP contribution in [0.25, 0.3) is 0 Å². The molecule has 0 aromatic heterocycles. The van der Waals surface area contributed by atoms with Gasteiger partial charge in [0.1, 0.15) is 6.04 Å². The van der Waals surface area contributed by atoms with Crippen molar-refractivity contribution >= 4 is 18.3 Å². The number of carbonyl (C=O) groups is 1. The predicted molar refractivity (Wildman–Crippen MR) is 66.5 cm³/mol. The molecule has 16 heavy (non-hydrogen) atoms. The van der Waals surface area contributed by atoms with E-state index in [1.54, 1.807) is 0 Å². The van der Waals surface area contributed by atoms with Crippen LogP contribution in [-0.2, 0) is 4.79 Å². The summed E-state index contributed by atoms with van der Waals surface area (Å²) in [7, 11) is 0. The van der Waals surface area contributed by atoms with Crippen LogP contribution in [0.1, 0.15) is 30.0 Å². The summed E-state index contributed by atoms with van der Waals surface area (Å²) >= 11 is 0. The third-order valence-corrected chi connectivity index (χ3v) is 2.73. The molecule has 88 valence electrons. The number of nitrogens with two attached hydrogens (primary N) is 1. The first-order valence-electron chi connectivity index (χ1n) is 5.30. The standard InChI is InChI=1S/C12H16N2O.ClH/c1-8-4-2-3-5-10(8)11(13)12(15)14-9-6-7-9;/h2-5,9,11H,6-7,13H2,1H3,(H,14,15);1H. The molecule has 1 aromatic rings. The van der Waals surface area contributed by atoms with E-state index in [0.717, 1.165) is 24.0 Å². The zero-order valence-electron chi connectivity index (χ0n) is 9.27. The molecule has 0 spiro atoms. The Kier molecular flexibility index (Phi) is 4.33. The summed E-state index contributed by atoms with van der Waals surface area (Å²) in [6, 6.07) is 7.57. The minimum atomic E-state index is -0.535. The summed E-state index contributed by atoms with van der Waals surface area (Å²) in [5, 5.41) is 2.92. The molecule has 0 saturated heterocycles. The van der Waals surface area contributed by atoms with Crippen molar-refractivity contribution in [1.29, 1.82) is 0 Å². The van der Waals surface area contributed by atoms with E-state index in [9.17, 15) is 4.79 Å². The molecule has 1 unspecified atom stereocenters. The van der Waals surface area contributed by atoms with Crippen molar-refractivity contribution in [3.05, 3.63) is 35.4 Å². The lowest BCUT2D eigenvalue weighted by Crippen LogP contribution is -2.35. The van der Waals surface area contributed by atoms with E-state index in [0.29, 0.717) is 6.04 Å². The average molecular weight is 241 g/mol. The van der Waals surface area contributed by atoms with Crippen LogP contribution in [0.3, 0.4) is 0 Å². The average Bonchev–Trinajstić information content (AvgIpc) is 3.01. The van der Waals surface area contributed by atoms with Crippen LogP contribution < -0.4 is 11.1 Å². The highest BCUT2D eigenvalue weighted by Crippen LogP contribution is 2.21. The van der Waals surface area contributed by atoms with Gasteiger partial charge in [-0.25, -0.2) is 0 Å². The second kappa shape index (κ2) is 5.32. The van der Waals surface area contributed by atoms with Gasteiger partial charge in [-0.15, -0.1) is 12.4 Å². The van der Waals surface area contributed by atoms with Gasteiger partial charge in [0.05, 0.1) is 0 Å². The second-order valence-electron chi connectivity index (χ2n) is 4.12. The molecule has 1 aliphatic rings. The molecule has 1 amide bonds. The Labute approximate surface area is 102 Å². The van der Waals surface area contributed by atoms with E-state index in [1.807, 2.05) is 31.2 Å². The number of hydrogen-bond donors (Lipinski definition) is 2. The highest BCUT2D eigenvalue weighted by atomic mass is 35.5. The van der Waals surface area contributed by atoms with Crippen molar-refractivity contribution in [3.63, 3.8) is 0 Å². The quantitative estimate of drug-likeness (QED) is 0.845. The van der Waals surface area contributed by atoms with Crippen LogP contribution in [0.4, 0.5) is 0 Å². The number of amides is 1. The number of nitrogens with one attached hydrogen (secondary N) is 1. The first-order chi connectivity index (χ1) is 7.18. The summed E-state index contributed by atoms with van der Waals surface area (Å²) < 4.78 is 0. The monoisotopic (exact) mass is 240 g/mol. The fraction of sp³-hybridized carbons (Fsp3) is 0.417. The molecule has 1 aromatic carbocycles. The number of aryl methyl sites for hydroxylation is 1. The Morgan fingerprint density at radius 2 is 2.06 bits per heavy atom. The van der Waals surface area contributed by atoms with Gasteiger partial charge >= 0.3 is 0 Å². The van der Waals surface area contributed by atoms with E-state index in [-0.39, 0.29) is 18.3 Å². The van der Waals surface area contributed by atoms with Crippen molar-refractivity contribution in [2.45, 2.75) is 31.8 Å². The van der Waals surface area contributed by atoms with Gasteiger partial charge in [-0.1, -0.05) is 24.3 Å². The Morgan fingerprint density at radius 3 is 2.62 bits per heavy atom. The normalized spacial score (nSPS) is 16.1. The SMILES string of the molecule is Cc1ccccc1C(N)C(=O)NC1CC1.Cl. The van der Waals surface area contributed by atoms with Crippen LogP contribution in [0.15, 0.2) is 24.3 Å². The van der Waals surface area contributed by atoms with E-state index < -0.39 is 6.04 Å². The highest BCUT2D eigenvalue weighted by Gasteiger charge is 2.26. The Balaban J connectivity index is 0.00000128. The maximum atomic E-state index is 11.7.